The van der Waals surface area contributed by atoms with Crippen LogP contribution < -0.4 is 5.56 Å². The van der Waals surface area contributed by atoms with E-state index in [-0.39, 0.29) is 5.56 Å². The summed E-state index contributed by atoms with van der Waals surface area (Å²) in [5, 5.41) is 0. The number of H-pyrrole nitrogens is 1. The SMILES string of the molecule is CC.CCC1CCC(c2c[nH]c(=O)c(C3=NCCC=N3)c2)CC1. The van der Waals surface area contributed by atoms with Gasteiger partial charge < -0.3 is 4.98 Å². The van der Waals surface area contributed by atoms with Gasteiger partial charge in [-0.15, -0.1) is 0 Å². The zero-order valence-corrected chi connectivity index (χ0v) is 14.6. The molecule has 23 heavy (non-hydrogen) atoms. The molecule has 0 atom stereocenters. The van der Waals surface area contributed by atoms with Crippen molar-refractivity contribution in [2.75, 3.05) is 6.54 Å². The maximum atomic E-state index is 12.0. The molecule has 0 aromatic carbocycles. The van der Waals surface area contributed by atoms with Crippen molar-refractivity contribution >= 4 is 12.1 Å². The highest BCUT2D eigenvalue weighted by Crippen LogP contribution is 2.36. The topological polar surface area (TPSA) is 57.6 Å². The van der Waals surface area contributed by atoms with Gasteiger partial charge in [-0.25, -0.2) is 4.99 Å². The van der Waals surface area contributed by atoms with E-state index in [1.54, 1.807) is 0 Å². The molecule has 1 N–H and O–H groups in total. The Morgan fingerprint density at radius 1 is 1.22 bits per heavy atom. The molecule has 0 amide bonds. The van der Waals surface area contributed by atoms with E-state index in [0.29, 0.717) is 17.3 Å². The zero-order valence-electron chi connectivity index (χ0n) is 14.6. The number of aromatic nitrogens is 1. The molecule has 4 nitrogen and oxygen atoms in total. The van der Waals surface area contributed by atoms with Crippen molar-refractivity contribution in [2.45, 2.75) is 65.2 Å². The highest BCUT2D eigenvalue weighted by molar-refractivity contribution is 6.03. The van der Waals surface area contributed by atoms with Crippen LogP contribution in [-0.4, -0.2) is 23.6 Å². The molecule has 1 aliphatic carbocycles. The second-order valence-electron chi connectivity index (χ2n) is 6.11. The van der Waals surface area contributed by atoms with Gasteiger partial charge in [-0.3, -0.25) is 9.79 Å². The number of hydrogen-bond donors (Lipinski definition) is 1. The molecule has 0 bridgehead atoms. The summed E-state index contributed by atoms with van der Waals surface area (Å²) in [6.45, 7) is 7.01. The molecule has 1 aromatic rings. The minimum absolute atomic E-state index is 0.0844. The third-order valence-electron chi connectivity index (χ3n) is 4.80. The van der Waals surface area contributed by atoms with Crippen molar-refractivity contribution in [3.8, 4) is 0 Å². The predicted octanol–water partition coefficient (Wildman–Crippen LogP) is 4.31. The van der Waals surface area contributed by atoms with Crippen molar-refractivity contribution < 1.29 is 0 Å². The van der Waals surface area contributed by atoms with E-state index in [2.05, 4.69) is 21.9 Å². The van der Waals surface area contributed by atoms with Gasteiger partial charge in [-0.05, 0) is 49.1 Å². The van der Waals surface area contributed by atoms with Crippen LogP contribution in [0, 0.1) is 5.92 Å². The summed E-state index contributed by atoms with van der Waals surface area (Å²) < 4.78 is 0. The predicted molar refractivity (Wildman–Crippen MR) is 97.9 cm³/mol. The molecule has 4 heteroatoms. The molecule has 3 rings (SSSR count). The first-order valence-electron chi connectivity index (χ1n) is 9.08. The Morgan fingerprint density at radius 2 is 1.96 bits per heavy atom. The molecule has 0 radical (unpaired) electrons. The van der Waals surface area contributed by atoms with Crippen LogP contribution in [0.5, 0.6) is 0 Å². The second-order valence-corrected chi connectivity index (χ2v) is 6.11. The van der Waals surface area contributed by atoms with E-state index in [9.17, 15) is 4.79 Å². The smallest absolute Gasteiger partial charge is 0.259 e. The third-order valence-corrected chi connectivity index (χ3v) is 4.80. The van der Waals surface area contributed by atoms with Crippen LogP contribution in [0.3, 0.4) is 0 Å². The fraction of sp³-hybridized carbons (Fsp3) is 0.632. The molecule has 1 aliphatic heterocycles. The summed E-state index contributed by atoms with van der Waals surface area (Å²) in [5.74, 6) is 2.04. The van der Waals surface area contributed by atoms with E-state index >= 15 is 0 Å². The average molecular weight is 315 g/mol. The Bertz CT molecular complexity index is 607. The number of aliphatic imine (C=N–C) groups is 2. The quantitative estimate of drug-likeness (QED) is 0.888. The van der Waals surface area contributed by atoms with Crippen LogP contribution in [0.1, 0.15) is 76.3 Å². The van der Waals surface area contributed by atoms with Gasteiger partial charge in [0.15, 0.2) is 5.84 Å². The van der Waals surface area contributed by atoms with E-state index in [1.165, 1.54) is 37.7 Å². The number of nitrogens with one attached hydrogen (secondary N) is 1. The molecule has 1 saturated carbocycles. The lowest BCUT2D eigenvalue weighted by Crippen LogP contribution is -2.21. The minimum Gasteiger partial charge on any atom is -0.328 e. The Kier molecular flexibility index (Phi) is 6.75. The van der Waals surface area contributed by atoms with Gasteiger partial charge in [-0.1, -0.05) is 27.2 Å². The van der Waals surface area contributed by atoms with Gasteiger partial charge in [0.25, 0.3) is 5.56 Å². The summed E-state index contributed by atoms with van der Waals surface area (Å²) in [4.78, 5) is 23.6. The lowest BCUT2D eigenvalue weighted by molar-refractivity contribution is 0.318. The Labute approximate surface area is 139 Å². The van der Waals surface area contributed by atoms with Gasteiger partial charge in [-0.2, -0.15) is 0 Å². The van der Waals surface area contributed by atoms with Crippen LogP contribution in [0.2, 0.25) is 0 Å². The van der Waals surface area contributed by atoms with Crippen LogP contribution in [0.25, 0.3) is 0 Å². The Balaban J connectivity index is 0.000000924. The van der Waals surface area contributed by atoms with Crippen molar-refractivity contribution in [1.29, 1.82) is 0 Å². The summed E-state index contributed by atoms with van der Waals surface area (Å²) >= 11 is 0. The standard InChI is InChI=1S/C17H23N3O.C2H6/c1-2-12-4-6-13(7-5-12)14-10-15(17(21)20-11-14)16-18-8-3-9-19-16;1-2/h8,10-13H,2-7,9H2,1H3,(H,20,21);1-2H3. The summed E-state index contributed by atoms with van der Waals surface area (Å²) in [5.41, 5.74) is 1.78. The van der Waals surface area contributed by atoms with Crippen molar-refractivity contribution in [2.24, 2.45) is 15.9 Å². The van der Waals surface area contributed by atoms with E-state index in [1.807, 2.05) is 32.3 Å². The van der Waals surface area contributed by atoms with E-state index in [0.717, 1.165) is 18.9 Å². The van der Waals surface area contributed by atoms with Crippen LogP contribution in [-0.2, 0) is 0 Å². The summed E-state index contributed by atoms with van der Waals surface area (Å²) in [6, 6.07) is 2.01. The van der Waals surface area contributed by atoms with Gasteiger partial charge >= 0.3 is 0 Å². The third kappa shape index (κ3) is 4.40. The molecule has 2 heterocycles. The maximum absolute atomic E-state index is 12.0. The first-order chi connectivity index (χ1) is 11.3. The largest absolute Gasteiger partial charge is 0.328 e. The Hall–Kier alpha value is -1.71. The minimum atomic E-state index is -0.0844. The van der Waals surface area contributed by atoms with Crippen molar-refractivity contribution in [3.63, 3.8) is 0 Å². The van der Waals surface area contributed by atoms with E-state index < -0.39 is 0 Å². The first kappa shape index (κ1) is 17.6. The second kappa shape index (κ2) is 8.80. The van der Waals surface area contributed by atoms with Gasteiger partial charge in [0.1, 0.15) is 0 Å². The lowest BCUT2D eigenvalue weighted by Gasteiger charge is -2.28. The highest BCUT2D eigenvalue weighted by atomic mass is 16.1. The highest BCUT2D eigenvalue weighted by Gasteiger charge is 2.22. The lowest BCUT2D eigenvalue weighted by atomic mass is 9.78. The van der Waals surface area contributed by atoms with Crippen LogP contribution >= 0.6 is 0 Å². The van der Waals surface area contributed by atoms with Gasteiger partial charge in [0, 0.05) is 25.4 Å². The molecule has 0 spiro atoms. The number of amidine groups is 1. The normalized spacial score (nSPS) is 23.7. The van der Waals surface area contributed by atoms with Crippen molar-refractivity contribution in [1.82, 2.24) is 4.98 Å². The molecular weight excluding hydrogens is 286 g/mol. The Morgan fingerprint density at radius 3 is 2.57 bits per heavy atom. The van der Waals surface area contributed by atoms with Crippen LogP contribution in [0.15, 0.2) is 27.0 Å². The summed E-state index contributed by atoms with van der Waals surface area (Å²) in [6.07, 6.45) is 10.9. The molecule has 0 saturated heterocycles. The van der Waals surface area contributed by atoms with Gasteiger partial charge in [0.05, 0.1) is 5.56 Å². The number of hydrogen-bond acceptors (Lipinski definition) is 3. The van der Waals surface area contributed by atoms with Crippen LogP contribution in [0.4, 0.5) is 0 Å². The molecule has 1 aromatic heterocycles. The number of aromatic amines is 1. The van der Waals surface area contributed by atoms with E-state index in [4.69, 9.17) is 0 Å². The zero-order chi connectivity index (χ0) is 16.7. The fourth-order valence-electron chi connectivity index (χ4n) is 3.38. The number of rotatable bonds is 3. The number of pyridine rings is 1. The molecular formula is C19H29N3O. The molecule has 0 unspecified atom stereocenters. The monoisotopic (exact) mass is 315 g/mol. The fourth-order valence-corrected chi connectivity index (χ4v) is 3.38. The molecule has 126 valence electrons. The summed E-state index contributed by atoms with van der Waals surface area (Å²) in [7, 11) is 0. The molecule has 1 fully saturated rings. The maximum Gasteiger partial charge on any atom is 0.259 e. The average Bonchev–Trinajstić information content (AvgIpc) is 2.65. The molecule has 2 aliphatic rings. The van der Waals surface area contributed by atoms with Gasteiger partial charge in [0.2, 0.25) is 0 Å². The first-order valence-corrected chi connectivity index (χ1v) is 9.08. The number of nitrogens with zero attached hydrogens (tertiary/aromatic N) is 2. The van der Waals surface area contributed by atoms with Crippen molar-refractivity contribution in [3.05, 3.63) is 33.7 Å².